The molecule has 0 bridgehead atoms. The Balaban J connectivity index is 1.79. The topological polar surface area (TPSA) is 121 Å². The van der Waals surface area contributed by atoms with Crippen molar-refractivity contribution in [2.75, 3.05) is 53.1 Å². The van der Waals surface area contributed by atoms with Gasteiger partial charge in [0.1, 0.15) is 17.2 Å². The first-order chi connectivity index (χ1) is 17.8. The molecule has 0 unspecified atom stereocenters. The minimum atomic E-state index is -0.799. The molecular formula is C27H33N3O7. The molecule has 2 aromatic rings. The molecule has 1 aromatic carbocycles. The zero-order valence-electron chi connectivity index (χ0n) is 21.6. The first-order valence-corrected chi connectivity index (χ1v) is 12.4. The van der Waals surface area contributed by atoms with E-state index in [9.17, 15) is 19.5 Å². The quantitative estimate of drug-likeness (QED) is 0.240. The minimum Gasteiger partial charge on any atom is -0.507 e. The van der Waals surface area contributed by atoms with Crippen molar-refractivity contribution in [1.29, 1.82) is 0 Å². The van der Waals surface area contributed by atoms with Gasteiger partial charge in [0.2, 0.25) is 0 Å². The zero-order valence-corrected chi connectivity index (χ0v) is 21.6. The SMILES string of the molecule is CCOc1ccc([C@H]2/C(=C(\O)c3c(C)[nH]c(C(=O)OC)c3C)C(=O)C(=O)N2CCN2CCOCC2)cc1. The lowest BCUT2D eigenvalue weighted by Gasteiger charge is -2.31. The number of morpholine rings is 1. The molecule has 1 aromatic heterocycles. The second-order valence-corrected chi connectivity index (χ2v) is 9.07. The average Bonchev–Trinajstić information content (AvgIpc) is 3.34. The predicted octanol–water partition coefficient (Wildman–Crippen LogP) is 2.57. The van der Waals surface area contributed by atoms with Gasteiger partial charge in [-0.1, -0.05) is 12.1 Å². The van der Waals surface area contributed by atoms with Gasteiger partial charge in [-0.15, -0.1) is 0 Å². The normalized spacial score (nSPS) is 19.9. The molecule has 0 aliphatic carbocycles. The van der Waals surface area contributed by atoms with E-state index in [4.69, 9.17) is 14.2 Å². The van der Waals surface area contributed by atoms with Gasteiger partial charge in [-0.25, -0.2) is 4.79 Å². The molecule has 2 fully saturated rings. The molecule has 2 saturated heterocycles. The van der Waals surface area contributed by atoms with Crippen molar-refractivity contribution in [3.8, 4) is 5.75 Å². The van der Waals surface area contributed by atoms with Crippen LogP contribution < -0.4 is 4.74 Å². The third-order valence-electron chi connectivity index (χ3n) is 6.87. The van der Waals surface area contributed by atoms with Crippen LogP contribution in [0.4, 0.5) is 0 Å². The Kier molecular flexibility index (Phi) is 7.99. The fourth-order valence-electron chi connectivity index (χ4n) is 4.99. The number of rotatable bonds is 8. The van der Waals surface area contributed by atoms with Gasteiger partial charge in [0.25, 0.3) is 11.7 Å². The Hall–Kier alpha value is -3.63. The molecule has 2 aliphatic heterocycles. The smallest absolute Gasteiger partial charge is 0.354 e. The van der Waals surface area contributed by atoms with Gasteiger partial charge < -0.3 is 29.2 Å². The summed E-state index contributed by atoms with van der Waals surface area (Å²) in [6, 6.07) is 6.36. The number of carbonyl (C=O) groups is 3. The number of likely N-dealkylation sites (tertiary alicyclic amines) is 1. The third kappa shape index (κ3) is 5.12. The third-order valence-corrected chi connectivity index (χ3v) is 6.87. The number of aromatic amines is 1. The van der Waals surface area contributed by atoms with Gasteiger partial charge in [0, 0.05) is 37.4 Å². The predicted molar refractivity (Wildman–Crippen MR) is 135 cm³/mol. The standard InChI is InChI=1S/C27H33N3O7/c1-5-37-19-8-6-18(7-9-19)23-21(24(31)20-16(2)22(27(34)35-4)28-17(20)3)25(32)26(33)30(23)11-10-29-12-14-36-15-13-29/h6-9,23,28,31H,5,10-15H2,1-4H3/b24-21+/t23-/m0/s1. The van der Waals surface area contributed by atoms with Crippen molar-refractivity contribution < 1.29 is 33.7 Å². The second kappa shape index (κ2) is 11.2. The Bertz CT molecular complexity index is 1210. The minimum absolute atomic E-state index is 0.0160. The van der Waals surface area contributed by atoms with E-state index in [-0.39, 0.29) is 17.0 Å². The number of hydrogen-bond acceptors (Lipinski definition) is 8. The number of ketones is 1. The summed E-state index contributed by atoms with van der Waals surface area (Å²) in [5.41, 5.74) is 2.07. The van der Waals surface area contributed by atoms with E-state index in [1.54, 1.807) is 38.1 Å². The van der Waals surface area contributed by atoms with E-state index < -0.39 is 23.7 Å². The maximum atomic E-state index is 13.4. The van der Waals surface area contributed by atoms with E-state index in [1.807, 2.05) is 6.92 Å². The monoisotopic (exact) mass is 511 g/mol. The maximum absolute atomic E-state index is 13.4. The number of methoxy groups -OCH3 is 1. The molecule has 0 spiro atoms. The summed E-state index contributed by atoms with van der Waals surface area (Å²) < 4.78 is 15.8. The van der Waals surface area contributed by atoms with Crippen LogP contribution in [-0.2, 0) is 19.1 Å². The van der Waals surface area contributed by atoms with Gasteiger partial charge in [0.15, 0.2) is 0 Å². The highest BCUT2D eigenvalue weighted by Crippen LogP contribution is 2.41. The molecule has 2 aliphatic rings. The van der Waals surface area contributed by atoms with Gasteiger partial charge in [-0.3, -0.25) is 14.5 Å². The van der Waals surface area contributed by atoms with Crippen LogP contribution in [0.3, 0.4) is 0 Å². The zero-order chi connectivity index (χ0) is 26.7. The number of esters is 1. The lowest BCUT2D eigenvalue weighted by atomic mass is 9.94. The Morgan fingerprint density at radius 3 is 2.43 bits per heavy atom. The molecule has 1 amide bonds. The molecule has 10 nitrogen and oxygen atoms in total. The first kappa shape index (κ1) is 26.4. The van der Waals surface area contributed by atoms with Crippen LogP contribution in [0.5, 0.6) is 5.75 Å². The van der Waals surface area contributed by atoms with Crippen LogP contribution in [0.1, 0.15) is 45.8 Å². The number of Topliss-reactive ketones (excluding diaryl/α,β-unsaturated/α-hetero) is 1. The van der Waals surface area contributed by atoms with Crippen molar-refractivity contribution in [3.63, 3.8) is 0 Å². The van der Waals surface area contributed by atoms with Crippen LogP contribution in [0, 0.1) is 13.8 Å². The average molecular weight is 512 g/mol. The van der Waals surface area contributed by atoms with Crippen LogP contribution in [0.2, 0.25) is 0 Å². The van der Waals surface area contributed by atoms with Gasteiger partial charge in [-0.2, -0.15) is 0 Å². The fourth-order valence-corrected chi connectivity index (χ4v) is 4.99. The van der Waals surface area contributed by atoms with Crippen molar-refractivity contribution in [3.05, 3.63) is 57.9 Å². The number of H-pyrrole nitrogens is 1. The number of hydrogen-bond donors (Lipinski definition) is 2. The van der Waals surface area contributed by atoms with E-state index in [1.165, 1.54) is 12.0 Å². The molecule has 0 radical (unpaired) electrons. The largest absolute Gasteiger partial charge is 0.507 e. The molecule has 0 saturated carbocycles. The van der Waals surface area contributed by atoms with E-state index in [0.29, 0.717) is 61.0 Å². The highest BCUT2D eigenvalue weighted by Gasteiger charge is 2.46. The fraction of sp³-hybridized carbons (Fsp3) is 0.444. The lowest BCUT2D eigenvalue weighted by Crippen LogP contribution is -2.42. The molecule has 2 N–H and O–H groups in total. The van der Waals surface area contributed by atoms with Crippen LogP contribution in [0.15, 0.2) is 29.8 Å². The Labute approximate surface area is 215 Å². The summed E-state index contributed by atoms with van der Waals surface area (Å²) in [5, 5.41) is 11.5. The molecule has 4 rings (SSSR count). The molecule has 1 atom stereocenters. The molecule has 3 heterocycles. The summed E-state index contributed by atoms with van der Waals surface area (Å²) in [5.74, 6) is -1.69. The number of benzene rings is 1. The van der Waals surface area contributed by atoms with Crippen molar-refractivity contribution >= 4 is 23.4 Å². The number of ether oxygens (including phenoxy) is 3. The van der Waals surface area contributed by atoms with E-state index in [0.717, 1.165) is 13.1 Å². The summed E-state index contributed by atoms with van der Waals surface area (Å²) in [6.45, 7) is 9.35. The lowest BCUT2D eigenvalue weighted by molar-refractivity contribution is -0.140. The summed E-state index contributed by atoms with van der Waals surface area (Å²) >= 11 is 0. The second-order valence-electron chi connectivity index (χ2n) is 9.07. The van der Waals surface area contributed by atoms with Crippen molar-refractivity contribution in [2.45, 2.75) is 26.8 Å². The number of nitrogens with one attached hydrogen (secondary N) is 1. The highest BCUT2D eigenvalue weighted by molar-refractivity contribution is 6.46. The van der Waals surface area contributed by atoms with Gasteiger partial charge >= 0.3 is 5.97 Å². The number of carbonyl (C=O) groups excluding carboxylic acids is 3. The van der Waals surface area contributed by atoms with E-state index >= 15 is 0 Å². The maximum Gasteiger partial charge on any atom is 0.354 e. The molecule has 198 valence electrons. The Morgan fingerprint density at radius 1 is 1.14 bits per heavy atom. The number of aryl methyl sites for hydroxylation is 1. The first-order valence-electron chi connectivity index (χ1n) is 12.4. The van der Waals surface area contributed by atoms with Crippen molar-refractivity contribution in [2.24, 2.45) is 0 Å². The van der Waals surface area contributed by atoms with Gasteiger partial charge in [-0.05, 0) is 44.0 Å². The van der Waals surface area contributed by atoms with Gasteiger partial charge in [0.05, 0.1) is 38.5 Å². The van der Waals surface area contributed by atoms with Crippen LogP contribution in [-0.4, -0.2) is 90.7 Å². The van der Waals surface area contributed by atoms with E-state index in [2.05, 4.69) is 9.88 Å². The highest BCUT2D eigenvalue weighted by atomic mass is 16.5. The summed E-state index contributed by atoms with van der Waals surface area (Å²) in [4.78, 5) is 45.5. The summed E-state index contributed by atoms with van der Waals surface area (Å²) in [6.07, 6.45) is 0. The number of aromatic nitrogens is 1. The summed E-state index contributed by atoms with van der Waals surface area (Å²) in [7, 11) is 1.27. The number of amides is 1. The van der Waals surface area contributed by atoms with Crippen molar-refractivity contribution in [1.82, 2.24) is 14.8 Å². The van der Waals surface area contributed by atoms with Crippen LogP contribution >= 0.6 is 0 Å². The molecule has 10 heteroatoms. The number of aliphatic hydroxyl groups excluding tert-OH is 1. The number of aliphatic hydroxyl groups is 1. The molecule has 37 heavy (non-hydrogen) atoms. The number of nitrogens with zero attached hydrogens (tertiary/aromatic N) is 2. The Morgan fingerprint density at radius 2 is 1.81 bits per heavy atom. The van der Waals surface area contributed by atoms with Crippen LogP contribution in [0.25, 0.3) is 5.76 Å². The molecular weight excluding hydrogens is 478 g/mol.